The monoisotopic (exact) mass is 378 g/mol. The van der Waals surface area contributed by atoms with Crippen molar-refractivity contribution in [3.63, 3.8) is 0 Å². The van der Waals surface area contributed by atoms with Crippen LogP contribution in [-0.2, 0) is 4.79 Å². The molecule has 3 aromatic rings. The molecule has 0 radical (unpaired) electrons. The van der Waals surface area contributed by atoms with Crippen molar-refractivity contribution in [1.29, 1.82) is 0 Å². The first-order valence-corrected chi connectivity index (χ1v) is 9.35. The zero-order valence-corrected chi connectivity index (χ0v) is 15.2. The molecule has 0 saturated carbocycles. The number of carboxylic acids is 1. The molecule has 0 aliphatic rings. The molecule has 2 aromatic carbocycles. The Kier molecular flexibility index (Phi) is 6.22. The van der Waals surface area contributed by atoms with Gasteiger partial charge in [-0.3, -0.25) is 4.79 Å². The maximum atomic E-state index is 12.8. The minimum atomic E-state index is -1.08. The lowest BCUT2D eigenvalue weighted by molar-refractivity contribution is -0.138. The number of pyridine rings is 1. The number of carboxylic acid groups (broad SMARTS) is 1. The highest BCUT2D eigenvalue weighted by atomic mass is 32.2. The SMILES string of the molecule is O=C(N[C@@H](CSc1ccccn1)C(=O)O)c1ccccc1-c1ccccc1. The molecule has 2 N–H and O–H groups in total. The first-order valence-electron chi connectivity index (χ1n) is 8.37. The summed E-state index contributed by atoms with van der Waals surface area (Å²) in [5.41, 5.74) is 2.10. The number of thioether (sulfide) groups is 1. The number of aromatic nitrogens is 1. The van der Waals surface area contributed by atoms with E-state index < -0.39 is 17.9 Å². The smallest absolute Gasteiger partial charge is 0.327 e. The lowest BCUT2D eigenvalue weighted by Crippen LogP contribution is -2.42. The van der Waals surface area contributed by atoms with Gasteiger partial charge < -0.3 is 10.4 Å². The Hall–Kier alpha value is -3.12. The van der Waals surface area contributed by atoms with E-state index in [1.165, 1.54) is 11.8 Å². The number of carbonyl (C=O) groups excluding carboxylic acids is 1. The van der Waals surface area contributed by atoms with E-state index in [1.807, 2.05) is 48.5 Å². The predicted molar refractivity (Wildman–Crippen MR) is 106 cm³/mol. The Morgan fingerprint density at radius 2 is 1.67 bits per heavy atom. The van der Waals surface area contributed by atoms with Gasteiger partial charge in [0.1, 0.15) is 6.04 Å². The molecule has 6 heteroatoms. The van der Waals surface area contributed by atoms with Gasteiger partial charge in [-0.1, -0.05) is 54.6 Å². The summed E-state index contributed by atoms with van der Waals surface area (Å²) in [7, 11) is 0. The van der Waals surface area contributed by atoms with Gasteiger partial charge in [0.25, 0.3) is 5.91 Å². The third kappa shape index (κ3) is 4.95. The molecule has 0 aliphatic heterocycles. The highest BCUT2D eigenvalue weighted by molar-refractivity contribution is 7.99. The largest absolute Gasteiger partial charge is 0.480 e. The van der Waals surface area contributed by atoms with Crippen LogP contribution in [0.25, 0.3) is 11.1 Å². The summed E-state index contributed by atoms with van der Waals surface area (Å²) >= 11 is 1.29. The van der Waals surface area contributed by atoms with Gasteiger partial charge in [0, 0.05) is 17.5 Å². The lowest BCUT2D eigenvalue weighted by atomic mass is 9.99. The lowest BCUT2D eigenvalue weighted by Gasteiger charge is -2.16. The van der Waals surface area contributed by atoms with Crippen molar-refractivity contribution >= 4 is 23.6 Å². The molecule has 136 valence electrons. The Morgan fingerprint density at radius 3 is 2.37 bits per heavy atom. The van der Waals surface area contributed by atoms with Crippen LogP contribution in [0.1, 0.15) is 10.4 Å². The molecule has 1 amide bonds. The third-order valence-electron chi connectivity index (χ3n) is 3.90. The maximum Gasteiger partial charge on any atom is 0.327 e. The molecule has 0 unspecified atom stereocenters. The van der Waals surface area contributed by atoms with Crippen LogP contribution in [-0.4, -0.2) is 33.8 Å². The minimum absolute atomic E-state index is 0.186. The molecule has 0 spiro atoms. The predicted octanol–water partition coefficient (Wildman–Crippen LogP) is 3.72. The zero-order chi connectivity index (χ0) is 19.1. The fourth-order valence-corrected chi connectivity index (χ4v) is 3.44. The minimum Gasteiger partial charge on any atom is -0.480 e. The van der Waals surface area contributed by atoms with E-state index in [-0.39, 0.29) is 5.75 Å². The summed E-state index contributed by atoms with van der Waals surface area (Å²) in [6.07, 6.45) is 1.65. The maximum absolute atomic E-state index is 12.8. The van der Waals surface area contributed by atoms with Crippen LogP contribution in [0, 0.1) is 0 Å². The van der Waals surface area contributed by atoms with Crippen molar-refractivity contribution in [2.45, 2.75) is 11.1 Å². The van der Waals surface area contributed by atoms with E-state index in [1.54, 1.807) is 30.5 Å². The number of aliphatic carboxylic acids is 1. The number of nitrogens with zero attached hydrogens (tertiary/aromatic N) is 1. The molecule has 1 heterocycles. The van der Waals surface area contributed by atoms with Crippen LogP contribution in [0.4, 0.5) is 0 Å². The second kappa shape index (κ2) is 9.00. The van der Waals surface area contributed by atoms with Gasteiger partial charge in [0.05, 0.1) is 5.03 Å². The van der Waals surface area contributed by atoms with Crippen LogP contribution < -0.4 is 5.32 Å². The van der Waals surface area contributed by atoms with E-state index in [4.69, 9.17) is 0 Å². The van der Waals surface area contributed by atoms with E-state index in [9.17, 15) is 14.7 Å². The Bertz CT molecular complexity index is 917. The van der Waals surface area contributed by atoms with E-state index >= 15 is 0 Å². The summed E-state index contributed by atoms with van der Waals surface area (Å²) in [6, 6.07) is 21.1. The molecule has 3 rings (SSSR count). The average molecular weight is 378 g/mol. The van der Waals surface area contributed by atoms with Gasteiger partial charge in [-0.05, 0) is 29.3 Å². The van der Waals surface area contributed by atoms with E-state index in [0.717, 1.165) is 11.1 Å². The van der Waals surface area contributed by atoms with Crippen LogP contribution in [0.3, 0.4) is 0 Å². The third-order valence-corrected chi connectivity index (χ3v) is 4.93. The number of nitrogens with one attached hydrogen (secondary N) is 1. The number of hydrogen-bond donors (Lipinski definition) is 2. The summed E-state index contributed by atoms with van der Waals surface area (Å²) in [5.74, 6) is -1.31. The molecule has 0 bridgehead atoms. The van der Waals surface area contributed by atoms with Crippen molar-refractivity contribution in [2.75, 3.05) is 5.75 Å². The summed E-state index contributed by atoms with van der Waals surface area (Å²) < 4.78 is 0. The van der Waals surface area contributed by atoms with Crippen LogP contribution >= 0.6 is 11.8 Å². The summed E-state index contributed by atoms with van der Waals surface area (Å²) in [5, 5.41) is 12.8. The first-order chi connectivity index (χ1) is 13.1. The van der Waals surface area contributed by atoms with Crippen molar-refractivity contribution in [3.05, 3.63) is 84.6 Å². The van der Waals surface area contributed by atoms with E-state index in [2.05, 4.69) is 10.3 Å². The molecule has 0 fully saturated rings. The molecular formula is C21H18N2O3S. The fourth-order valence-electron chi connectivity index (χ4n) is 2.56. The number of carbonyl (C=O) groups is 2. The number of amides is 1. The Morgan fingerprint density at radius 1 is 0.963 bits per heavy atom. The van der Waals surface area contributed by atoms with Crippen LogP contribution in [0.5, 0.6) is 0 Å². The fraction of sp³-hybridized carbons (Fsp3) is 0.0952. The second-order valence-electron chi connectivity index (χ2n) is 5.75. The molecule has 1 atom stereocenters. The van der Waals surface area contributed by atoms with Crippen molar-refractivity contribution < 1.29 is 14.7 Å². The number of benzene rings is 2. The van der Waals surface area contributed by atoms with Crippen molar-refractivity contribution in [1.82, 2.24) is 10.3 Å². The highest BCUT2D eigenvalue weighted by Gasteiger charge is 2.22. The molecular weight excluding hydrogens is 360 g/mol. The highest BCUT2D eigenvalue weighted by Crippen LogP contribution is 2.23. The molecule has 27 heavy (non-hydrogen) atoms. The van der Waals surface area contributed by atoms with Gasteiger partial charge in [0.2, 0.25) is 0 Å². The topological polar surface area (TPSA) is 79.3 Å². The normalized spacial score (nSPS) is 11.6. The average Bonchev–Trinajstić information content (AvgIpc) is 2.72. The molecule has 5 nitrogen and oxygen atoms in total. The first kappa shape index (κ1) is 18.7. The van der Waals surface area contributed by atoms with Gasteiger partial charge in [-0.15, -0.1) is 11.8 Å². The quantitative estimate of drug-likeness (QED) is 0.613. The number of hydrogen-bond acceptors (Lipinski definition) is 4. The molecule has 0 aliphatic carbocycles. The van der Waals surface area contributed by atoms with Gasteiger partial charge in [-0.2, -0.15) is 0 Å². The van der Waals surface area contributed by atoms with Gasteiger partial charge in [0.15, 0.2) is 0 Å². The van der Waals surface area contributed by atoms with Gasteiger partial charge >= 0.3 is 5.97 Å². The Balaban J connectivity index is 1.76. The van der Waals surface area contributed by atoms with Crippen molar-refractivity contribution in [3.8, 4) is 11.1 Å². The summed E-state index contributed by atoms with van der Waals surface area (Å²) in [6.45, 7) is 0. The van der Waals surface area contributed by atoms with Gasteiger partial charge in [-0.25, -0.2) is 9.78 Å². The zero-order valence-electron chi connectivity index (χ0n) is 14.4. The number of rotatable bonds is 7. The molecule has 0 saturated heterocycles. The second-order valence-corrected chi connectivity index (χ2v) is 6.80. The van der Waals surface area contributed by atoms with Crippen LogP contribution in [0.2, 0.25) is 0 Å². The van der Waals surface area contributed by atoms with Crippen molar-refractivity contribution in [2.24, 2.45) is 0 Å². The molecule has 1 aromatic heterocycles. The Labute approximate surface area is 161 Å². The standard InChI is InChI=1S/C21H18N2O3S/c24-20(17-11-5-4-10-16(17)15-8-2-1-3-9-15)23-18(21(25)26)14-27-19-12-6-7-13-22-19/h1-13,18H,14H2,(H,23,24)(H,25,26)/t18-/m0/s1. The summed E-state index contributed by atoms with van der Waals surface area (Å²) in [4.78, 5) is 28.5. The van der Waals surface area contributed by atoms with E-state index in [0.29, 0.717) is 10.6 Å². The van der Waals surface area contributed by atoms with Crippen LogP contribution in [0.15, 0.2) is 84.0 Å².